The highest BCUT2D eigenvalue weighted by molar-refractivity contribution is 8.03. The Morgan fingerprint density at radius 1 is 1.19 bits per heavy atom. The van der Waals surface area contributed by atoms with Crippen molar-refractivity contribution >= 4 is 35.2 Å². The fourth-order valence-corrected chi connectivity index (χ4v) is 4.25. The number of methoxy groups -OCH3 is 1. The van der Waals surface area contributed by atoms with Gasteiger partial charge in [0.1, 0.15) is 5.92 Å². The standard InChI is InChI=1S/C23H21N3O4S/c1-14-7-6-10-16(11-14)25-18(27)13-31-22-17(12-24)19(15-8-4-3-5-9-15)20(21(28)26-22)23(29)30-2/h3-11,19-20H,13H2,1-2H3,(H,25,27)(H,26,28)/t19-,20+/m1/s1. The van der Waals surface area contributed by atoms with Crippen molar-refractivity contribution in [3.63, 3.8) is 0 Å². The van der Waals surface area contributed by atoms with E-state index in [9.17, 15) is 19.6 Å². The van der Waals surface area contributed by atoms with E-state index in [-0.39, 0.29) is 22.3 Å². The van der Waals surface area contributed by atoms with Crippen LogP contribution in [-0.2, 0) is 19.1 Å². The van der Waals surface area contributed by atoms with E-state index in [0.717, 1.165) is 17.3 Å². The number of allylic oxidation sites excluding steroid dienone is 1. The smallest absolute Gasteiger partial charge is 0.319 e. The van der Waals surface area contributed by atoms with Crippen LogP contribution in [-0.4, -0.2) is 30.6 Å². The monoisotopic (exact) mass is 435 g/mol. The van der Waals surface area contributed by atoms with Gasteiger partial charge in [0.15, 0.2) is 0 Å². The summed E-state index contributed by atoms with van der Waals surface area (Å²) in [5, 5.41) is 15.5. The molecular weight excluding hydrogens is 414 g/mol. The van der Waals surface area contributed by atoms with Crippen LogP contribution in [0.5, 0.6) is 0 Å². The van der Waals surface area contributed by atoms with Gasteiger partial charge in [0.25, 0.3) is 0 Å². The van der Waals surface area contributed by atoms with Crippen LogP contribution in [0.15, 0.2) is 65.2 Å². The number of carbonyl (C=O) groups is 3. The molecule has 0 radical (unpaired) electrons. The molecule has 0 unspecified atom stereocenters. The van der Waals surface area contributed by atoms with Gasteiger partial charge < -0.3 is 15.4 Å². The second-order valence-electron chi connectivity index (χ2n) is 6.94. The van der Waals surface area contributed by atoms with E-state index < -0.39 is 23.7 Å². The average molecular weight is 436 g/mol. The van der Waals surface area contributed by atoms with Gasteiger partial charge in [-0.2, -0.15) is 5.26 Å². The van der Waals surface area contributed by atoms with Crippen LogP contribution in [0.25, 0.3) is 0 Å². The molecule has 158 valence electrons. The van der Waals surface area contributed by atoms with Gasteiger partial charge >= 0.3 is 5.97 Å². The van der Waals surface area contributed by atoms with E-state index in [2.05, 4.69) is 16.7 Å². The zero-order valence-corrected chi connectivity index (χ0v) is 17.9. The molecule has 1 aliphatic rings. The fraction of sp³-hybridized carbons (Fsp3) is 0.217. The topological polar surface area (TPSA) is 108 Å². The first-order valence-electron chi connectivity index (χ1n) is 9.51. The molecule has 2 aromatic carbocycles. The van der Waals surface area contributed by atoms with Gasteiger partial charge in [-0.25, -0.2) is 0 Å². The Morgan fingerprint density at radius 2 is 1.94 bits per heavy atom. The van der Waals surface area contributed by atoms with Crippen LogP contribution >= 0.6 is 11.8 Å². The average Bonchev–Trinajstić information content (AvgIpc) is 2.77. The summed E-state index contributed by atoms with van der Waals surface area (Å²) < 4.78 is 4.81. The molecule has 31 heavy (non-hydrogen) atoms. The summed E-state index contributed by atoms with van der Waals surface area (Å²) in [5.41, 5.74) is 2.54. The number of esters is 1. The van der Waals surface area contributed by atoms with Crippen LogP contribution in [0.2, 0.25) is 0 Å². The van der Waals surface area contributed by atoms with Crippen molar-refractivity contribution < 1.29 is 19.1 Å². The number of nitrogens with one attached hydrogen (secondary N) is 2. The van der Waals surface area contributed by atoms with Crippen LogP contribution < -0.4 is 10.6 Å². The Bertz CT molecular complexity index is 1080. The van der Waals surface area contributed by atoms with Crippen LogP contribution in [0.1, 0.15) is 17.0 Å². The lowest BCUT2D eigenvalue weighted by atomic mass is 9.78. The molecule has 2 amide bonds. The lowest BCUT2D eigenvalue weighted by Gasteiger charge is -2.30. The highest BCUT2D eigenvalue weighted by atomic mass is 32.2. The minimum absolute atomic E-state index is 0.0147. The molecule has 1 heterocycles. The molecule has 2 atom stereocenters. The van der Waals surface area contributed by atoms with E-state index in [4.69, 9.17) is 4.74 Å². The molecular formula is C23H21N3O4S. The first-order valence-corrected chi connectivity index (χ1v) is 10.5. The van der Waals surface area contributed by atoms with E-state index in [0.29, 0.717) is 11.3 Å². The second kappa shape index (κ2) is 9.96. The maximum Gasteiger partial charge on any atom is 0.319 e. The zero-order chi connectivity index (χ0) is 22.4. The molecule has 0 aromatic heterocycles. The van der Waals surface area contributed by atoms with Crippen molar-refractivity contribution in [2.24, 2.45) is 5.92 Å². The largest absolute Gasteiger partial charge is 0.468 e. The number of anilines is 1. The Kier molecular flexibility index (Phi) is 7.11. The number of nitriles is 1. The van der Waals surface area contributed by atoms with Crippen molar-refractivity contribution in [1.29, 1.82) is 5.26 Å². The quantitative estimate of drug-likeness (QED) is 0.533. The van der Waals surface area contributed by atoms with E-state index >= 15 is 0 Å². The maximum atomic E-state index is 12.8. The lowest BCUT2D eigenvalue weighted by molar-refractivity contribution is -0.150. The van der Waals surface area contributed by atoms with Crippen molar-refractivity contribution in [2.45, 2.75) is 12.8 Å². The minimum atomic E-state index is -1.19. The number of amides is 2. The molecule has 3 rings (SSSR count). The van der Waals surface area contributed by atoms with Crippen molar-refractivity contribution in [3.05, 3.63) is 76.3 Å². The Hall–Kier alpha value is -3.57. The van der Waals surface area contributed by atoms with Gasteiger partial charge in [-0.15, -0.1) is 0 Å². The van der Waals surface area contributed by atoms with Gasteiger partial charge in [-0.3, -0.25) is 14.4 Å². The Morgan fingerprint density at radius 3 is 2.58 bits per heavy atom. The minimum Gasteiger partial charge on any atom is -0.468 e. The summed E-state index contributed by atoms with van der Waals surface area (Å²) in [6.45, 7) is 1.92. The molecule has 0 spiro atoms. The van der Waals surface area contributed by atoms with Gasteiger partial charge in [0.05, 0.1) is 29.5 Å². The third kappa shape index (κ3) is 5.13. The van der Waals surface area contributed by atoms with Gasteiger partial charge in [0.2, 0.25) is 11.8 Å². The molecule has 0 fully saturated rings. The SMILES string of the molecule is COC(=O)[C@@H]1C(=O)NC(SCC(=O)Nc2cccc(C)c2)=C(C#N)[C@H]1c1ccccc1. The number of thioether (sulfide) groups is 1. The highest BCUT2D eigenvalue weighted by Gasteiger charge is 2.44. The third-order valence-corrected chi connectivity index (χ3v) is 5.81. The van der Waals surface area contributed by atoms with Gasteiger partial charge in [-0.05, 0) is 30.2 Å². The molecule has 1 aliphatic heterocycles. The summed E-state index contributed by atoms with van der Waals surface area (Å²) >= 11 is 1.05. The number of nitrogens with zero attached hydrogens (tertiary/aromatic N) is 1. The molecule has 0 saturated heterocycles. The molecule has 8 heteroatoms. The molecule has 2 aromatic rings. The lowest BCUT2D eigenvalue weighted by Crippen LogP contribution is -2.44. The number of hydrogen-bond donors (Lipinski definition) is 2. The number of hydrogen-bond acceptors (Lipinski definition) is 6. The van der Waals surface area contributed by atoms with Crippen LogP contribution in [0.3, 0.4) is 0 Å². The summed E-state index contributed by atoms with van der Waals surface area (Å²) in [7, 11) is 1.20. The molecule has 0 saturated carbocycles. The van der Waals surface area contributed by atoms with Crippen LogP contribution in [0.4, 0.5) is 5.69 Å². The summed E-state index contributed by atoms with van der Waals surface area (Å²) in [6.07, 6.45) is 0. The number of aryl methyl sites for hydroxylation is 1. The normalized spacial score (nSPS) is 18.0. The van der Waals surface area contributed by atoms with E-state index in [1.165, 1.54) is 7.11 Å². The number of rotatable bonds is 6. The second-order valence-corrected chi connectivity index (χ2v) is 7.92. The first-order chi connectivity index (χ1) is 14.9. The van der Waals surface area contributed by atoms with Crippen LogP contribution in [0, 0.1) is 24.2 Å². The van der Waals surface area contributed by atoms with Gasteiger partial charge in [0, 0.05) is 11.6 Å². The van der Waals surface area contributed by atoms with Crippen molar-refractivity contribution in [1.82, 2.24) is 5.32 Å². The van der Waals surface area contributed by atoms with E-state index in [1.54, 1.807) is 36.4 Å². The summed E-state index contributed by atoms with van der Waals surface area (Å²) in [6, 6.07) is 18.4. The number of benzene rings is 2. The number of carbonyl (C=O) groups excluding carboxylic acids is 3. The molecule has 0 aliphatic carbocycles. The Labute approximate surface area is 184 Å². The summed E-state index contributed by atoms with van der Waals surface area (Å²) in [4.78, 5) is 37.5. The summed E-state index contributed by atoms with van der Waals surface area (Å²) in [5.74, 6) is -3.57. The third-order valence-electron chi connectivity index (χ3n) is 4.79. The molecule has 2 N–H and O–H groups in total. The zero-order valence-electron chi connectivity index (χ0n) is 17.0. The van der Waals surface area contributed by atoms with E-state index in [1.807, 2.05) is 25.1 Å². The predicted octanol–water partition coefficient (Wildman–Crippen LogP) is 3.10. The predicted molar refractivity (Wildman–Crippen MR) is 118 cm³/mol. The van der Waals surface area contributed by atoms with Crippen molar-refractivity contribution in [3.8, 4) is 6.07 Å². The highest BCUT2D eigenvalue weighted by Crippen LogP contribution is 2.40. The number of ether oxygens (including phenoxy) is 1. The first kappa shape index (κ1) is 22.1. The van der Waals surface area contributed by atoms with Gasteiger partial charge in [-0.1, -0.05) is 54.2 Å². The maximum absolute atomic E-state index is 12.8. The molecule has 0 bridgehead atoms. The van der Waals surface area contributed by atoms with Crippen molar-refractivity contribution in [2.75, 3.05) is 18.2 Å². The fourth-order valence-electron chi connectivity index (χ4n) is 3.40. The Balaban J connectivity index is 1.86. The molecule has 7 nitrogen and oxygen atoms in total.